The van der Waals surface area contributed by atoms with E-state index in [-0.39, 0.29) is 18.4 Å². The predicted octanol–water partition coefficient (Wildman–Crippen LogP) is 4.58. The number of rotatable bonds is 9. The van der Waals surface area contributed by atoms with E-state index in [1.165, 1.54) is 11.1 Å². The van der Waals surface area contributed by atoms with Crippen LogP contribution in [-0.2, 0) is 17.9 Å². The van der Waals surface area contributed by atoms with Gasteiger partial charge in [-0.2, -0.15) is 0 Å². The van der Waals surface area contributed by atoms with Gasteiger partial charge in [-0.15, -0.1) is 0 Å². The van der Waals surface area contributed by atoms with Gasteiger partial charge in [-0.05, 0) is 68.1 Å². The van der Waals surface area contributed by atoms with E-state index in [2.05, 4.69) is 42.4 Å². The Morgan fingerprint density at radius 2 is 1.69 bits per heavy atom. The van der Waals surface area contributed by atoms with Gasteiger partial charge in [0.2, 0.25) is 5.91 Å². The van der Waals surface area contributed by atoms with Crippen molar-refractivity contribution in [2.24, 2.45) is 5.92 Å². The first-order valence-electron chi connectivity index (χ1n) is 11.6. The van der Waals surface area contributed by atoms with Crippen LogP contribution in [0.2, 0.25) is 0 Å². The van der Waals surface area contributed by atoms with Gasteiger partial charge in [-0.3, -0.25) is 14.5 Å². The van der Waals surface area contributed by atoms with Crippen LogP contribution in [0.1, 0.15) is 56.1 Å². The zero-order valence-corrected chi connectivity index (χ0v) is 19.9. The van der Waals surface area contributed by atoms with Crippen LogP contribution in [0.25, 0.3) is 0 Å². The summed E-state index contributed by atoms with van der Waals surface area (Å²) in [6.07, 6.45) is 0. The van der Waals surface area contributed by atoms with Crippen molar-refractivity contribution in [2.75, 3.05) is 30.3 Å². The average molecular weight is 437 g/mol. The van der Waals surface area contributed by atoms with E-state index >= 15 is 0 Å². The predicted molar refractivity (Wildman–Crippen MR) is 131 cm³/mol. The van der Waals surface area contributed by atoms with Crippen LogP contribution in [-0.4, -0.2) is 47.3 Å². The van der Waals surface area contributed by atoms with Crippen LogP contribution >= 0.6 is 0 Å². The zero-order valence-electron chi connectivity index (χ0n) is 19.9. The molecule has 2 aromatic rings. The molecule has 1 heterocycles. The summed E-state index contributed by atoms with van der Waals surface area (Å²) in [5, 5.41) is 6.22. The lowest BCUT2D eigenvalue weighted by molar-refractivity contribution is -0.114. The number of hydrogen-bond acceptors (Lipinski definition) is 4. The molecule has 1 aliphatic heterocycles. The molecule has 6 nitrogen and oxygen atoms in total. The fraction of sp³-hybridized carbons (Fsp3) is 0.462. The fourth-order valence-corrected chi connectivity index (χ4v) is 4.09. The molecule has 2 amide bonds. The Bertz CT molecular complexity index is 935. The van der Waals surface area contributed by atoms with Crippen molar-refractivity contribution in [2.45, 2.75) is 53.8 Å². The molecule has 0 fully saturated rings. The number of amides is 2. The lowest BCUT2D eigenvalue weighted by Crippen LogP contribution is -2.32. The Kier molecular flexibility index (Phi) is 7.91. The molecule has 0 saturated carbocycles. The molecule has 0 aliphatic carbocycles. The minimum atomic E-state index is -0.115. The Labute approximate surface area is 192 Å². The van der Waals surface area contributed by atoms with E-state index in [4.69, 9.17) is 0 Å². The van der Waals surface area contributed by atoms with Crippen molar-refractivity contribution in [1.82, 2.24) is 9.80 Å². The first kappa shape index (κ1) is 23.8. The zero-order chi connectivity index (χ0) is 23.3. The van der Waals surface area contributed by atoms with Crippen LogP contribution in [0, 0.1) is 5.92 Å². The molecule has 0 radical (unpaired) electrons. The van der Waals surface area contributed by atoms with E-state index in [1.807, 2.05) is 26.0 Å². The van der Waals surface area contributed by atoms with Crippen molar-refractivity contribution in [3.8, 4) is 0 Å². The van der Waals surface area contributed by atoms with Crippen molar-refractivity contribution < 1.29 is 9.59 Å². The van der Waals surface area contributed by atoms with Crippen LogP contribution < -0.4 is 10.6 Å². The van der Waals surface area contributed by atoms with Gasteiger partial charge in [0.05, 0.1) is 6.54 Å². The lowest BCUT2D eigenvalue weighted by atomic mass is 10.1. The summed E-state index contributed by atoms with van der Waals surface area (Å²) < 4.78 is 0. The molecule has 1 atom stereocenters. The van der Waals surface area contributed by atoms with E-state index in [0.29, 0.717) is 36.3 Å². The second-order valence-electron chi connectivity index (χ2n) is 8.79. The molecular formula is C26H36N4O2. The summed E-state index contributed by atoms with van der Waals surface area (Å²) in [6, 6.07) is 13.9. The second kappa shape index (κ2) is 10.6. The number of fused-ring (bicyclic) bond motifs is 1. The molecule has 0 bridgehead atoms. The van der Waals surface area contributed by atoms with Gasteiger partial charge in [-0.25, -0.2) is 0 Å². The molecule has 2 N–H and O–H groups in total. The Morgan fingerprint density at radius 3 is 2.31 bits per heavy atom. The molecule has 0 aromatic heterocycles. The van der Waals surface area contributed by atoms with E-state index in [9.17, 15) is 9.59 Å². The highest BCUT2D eigenvalue weighted by atomic mass is 16.2. The number of nitrogens with one attached hydrogen (secondary N) is 2. The largest absolute Gasteiger partial charge is 0.376 e. The third-order valence-corrected chi connectivity index (χ3v) is 6.45. The Balaban J connectivity index is 1.57. The topological polar surface area (TPSA) is 64.7 Å². The fourth-order valence-electron chi connectivity index (χ4n) is 4.09. The molecule has 0 spiro atoms. The van der Waals surface area contributed by atoms with Gasteiger partial charge in [0.15, 0.2) is 0 Å². The number of anilines is 2. The average Bonchev–Trinajstić information content (AvgIpc) is 3.23. The first-order valence-corrected chi connectivity index (χ1v) is 11.6. The summed E-state index contributed by atoms with van der Waals surface area (Å²) in [6.45, 7) is 14.1. The second-order valence-corrected chi connectivity index (χ2v) is 8.79. The Hall–Kier alpha value is -2.86. The highest BCUT2D eigenvalue weighted by Gasteiger charge is 2.26. The van der Waals surface area contributed by atoms with Gasteiger partial charge in [0.1, 0.15) is 0 Å². The number of hydrogen-bond donors (Lipinski definition) is 2. The number of benzene rings is 2. The SMILES string of the molecule is CCN(CC)C(=O)c1ccc(NC(=O)CNc2cccc3c2CN(C(C)C(C)C)C3)cc1. The summed E-state index contributed by atoms with van der Waals surface area (Å²) in [7, 11) is 0. The molecular weight excluding hydrogens is 400 g/mol. The monoisotopic (exact) mass is 436 g/mol. The number of nitrogens with zero attached hydrogens (tertiary/aromatic N) is 2. The van der Waals surface area contributed by atoms with Crippen molar-refractivity contribution in [1.29, 1.82) is 0 Å². The standard InChI is InChI=1S/C26H36N4O2/c1-6-29(7-2)26(32)20-11-13-22(14-12-20)28-25(31)15-27-24-10-8-9-21-16-30(17-23(21)24)19(5)18(3)4/h8-14,18-19,27H,6-7,15-17H2,1-5H3,(H,28,31). The van der Waals surface area contributed by atoms with E-state index < -0.39 is 0 Å². The van der Waals surface area contributed by atoms with Crippen LogP contribution in [0.5, 0.6) is 0 Å². The van der Waals surface area contributed by atoms with Gasteiger partial charge in [0.25, 0.3) is 5.91 Å². The maximum absolute atomic E-state index is 12.5. The molecule has 32 heavy (non-hydrogen) atoms. The summed E-state index contributed by atoms with van der Waals surface area (Å²) >= 11 is 0. The summed E-state index contributed by atoms with van der Waals surface area (Å²) in [4.78, 5) is 29.2. The van der Waals surface area contributed by atoms with Crippen LogP contribution in [0.15, 0.2) is 42.5 Å². The van der Waals surface area contributed by atoms with Crippen molar-refractivity contribution in [3.05, 3.63) is 59.2 Å². The van der Waals surface area contributed by atoms with Crippen molar-refractivity contribution in [3.63, 3.8) is 0 Å². The van der Waals surface area contributed by atoms with Gasteiger partial charge < -0.3 is 15.5 Å². The molecule has 0 saturated heterocycles. The normalized spacial score (nSPS) is 14.2. The first-order chi connectivity index (χ1) is 15.3. The minimum absolute atomic E-state index is 0.00769. The third-order valence-electron chi connectivity index (χ3n) is 6.45. The maximum atomic E-state index is 12.5. The summed E-state index contributed by atoms with van der Waals surface area (Å²) in [5.74, 6) is 0.490. The van der Waals surface area contributed by atoms with Crippen LogP contribution in [0.3, 0.4) is 0 Å². The molecule has 1 unspecified atom stereocenters. The highest BCUT2D eigenvalue weighted by molar-refractivity contribution is 5.96. The maximum Gasteiger partial charge on any atom is 0.253 e. The highest BCUT2D eigenvalue weighted by Crippen LogP contribution is 2.31. The van der Waals surface area contributed by atoms with Gasteiger partial charge in [-0.1, -0.05) is 26.0 Å². The third kappa shape index (κ3) is 5.49. The number of carbonyl (C=O) groups is 2. The summed E-state index contributed by atoms with van der Waals surface area (Å²) in [5.41, 5.74) is 4.95. The smallest absolute Gasteiger partial charge is 0.253 e. The molecule has 3 rings (SSSR count). The molecule has 172 valence electrons. The Morgan fingerprint density at radius 1 is 1.00 bits per heavy atom. The molecule has 2 aromatic carbocycles. The van der Waals surface area contributed by atoms with E-state index in [1.54, 1.807) is 29.2 Å². The van der Waals surface area contributed by atoms with Gasteiger partial charge in [0, 0.05) is 49.2 Å². The van der Waals surface area contributed by atoms with E-state index in [0.717, 1.165) is 18.8 Å². The number of carbonyl (C=O) groups excluding carboxylic acids is 2. The van der Waals surface area contributed by atoms with Crippen LogP contribution in [0.4, 0.5) is 11.4 Å². The lowest BCUT2D eigenvalue weighted by Gasteiger charge is -2.27. The quantitative estimate of drug-likeness (QED) is 0.604. The van der Waals surface area contributed by atoms with Gasteiger partial charge >= 0.3 is 0 Å². The molecule has 1 aliphatic rings. The molecule has 6 heteroatoms. The minimum Gasteiger partial charge on any atom is -0.376 e. The van der Waals surface area contributed by atoms with Crippen molar-refractivity contribution >= 4 is 23.2 Å².